The maximum absolute atomic E-state index is 11.6. The molecule has 0 unspecified atom stereocenters. The summed E-state index contributed by atoms with van der Waals surface area (Å²) in [6, 6.07) is 5.18. The Morgan fingerprint density at radius 2 is 2.15 bits per heavy atom. The molecular formula is C13H14ClN3O2S. The number of carbonyl (C=O) groups is 1. The van der Waals surface area contributed by atoms with Gasteiger partial charge < -0.3 is 0 Å². The maximum Gasteiger partial charge on any atom is 0.344 e. The molecule has 0 saturated heterocycles. The lowest BCUT2D eigenvalue weighted by atomic mass is 10.1. The molecule has 7 heteroatoms. The third kappa shape index (κ3) is 2.96. The highest BCUT2D eigenvalue weighted by molar-refractivity contribution is 7.99. The van der Waals surface area contributed by atoms with Crippen molar-refractivity contribution in [2.45, 2.75) is 36.9 Å². The van der Waals surface area contributed by atoms with Gasteiger partial charge in [0.25, 0.3) is 0 Å². The van der Waals surface area contributed by atoms with E-state index in [9.17, 15) is 9.59 Å². The molecule has 2 rings (SSSR count). The molecule has 0 spiro atoms. The molecule has 1 aromatic carbocycles. The van der Waals surface area contributed by atoms with Crippen LogP contribution in [0.2, 0.25) is 5.02 Å². The molecular weight excluding hydrogens is 298 g/mol. The first kappa shape index (κ1) is 14.9. The molecule has 0 saturated carbocycles. The summed E-state index contributed by atoms with van der Waals surface area (Å²) in [4.78, 5) is 23.8. The van der Waals surface area contributed by atoms with E-state index in [-0.39, 0.29) is 17.5 Å². The van der Waals surface area contributed by atoms with Crippen LogP contribution in [0, 0.1) is 0 Å². The zero-order valence-electron chi connectivity index (χ0n) is 11.3. The minimum atomic E-state index is -0.242. The number of hydrogen-bond acceptors (Lipinski definition) is 4. The van der Waals surface area contributed by atoms with Gasteiger partial charge in [-0.2, -0.15) is 0 Å². The predicted octanol–water partition coefficient (Wildman–Crippen LogP) is 3.16. The standard InChI is InChI=1S/C13H14ClN3O2S/c1-7(2)17-12(19)15-16-13(17)20-9-4-5-10(8(3)18)11(14)6-9/h4-7H,1-3H3,(H,15,19). The van der Waals surface area contributed by atoms with E-state index in [1.54, 1.807) is 22.8 Å². The van der Waals surface area contributed by atoms with Crippen molar-refractivity contribution >= 4 is 29.1 Å². The summed E-state index contributed by atoms with van der Waals surface area (Å²) < 4.78 is 1.57. The Bertz CT molecular complexity index is 706. The number of nitrogens with zero attached hydrogens (tertiary/aromatic N) is 2. The minimum absolute atomic E-state index is 0.00992. The van der Waals surface area contributed by atoms with Crippen LogP contribution >= 0.6 is 23.4 Å². The van der Waals surface area contributed by atoms with Gasteiger partial charge in [-0.1, -0.05) is 11.6 Å². The third-order valence-electron chi connectivity index (χ3n) is 2.72. The van der Waals surface area contributed by atoms with Gasteiger partial charge in [0.2, 0.25) is 0 Å². The summed E-state index contributed by atoms with van der Waals surface area (Å²) in [5.74, 6) is -0.0783. The second kappa shape index (κ2) is 5.85. The van der Waals surface area contributed by atoms with Gasteiger partial charge in [0, 0.05) is 16.5 Å². The first-order chi connectivity index (χ1) is 9.40. The van der Waals surface area contributed by atoms with Gasteiger partial charge in [-0.05, 0) is 50.7 Å². The number of carbonyl (C=O) groups excluding carboxylic acids is 1. The Morgan fingerprint density at radius 3 is 2.70 bits per heavy atom. The highest BCUT2D eigenvalue weighted by Crippen LogP contribution is 2.30. The van der Waals surface area contributed by atoms with Crippen LogP contribution in [0.3, 0.4) is 0 Å². The number of hydrogen-bond donors (Lipinski definition) is 1. The van der Waals surface area contributed by atoms with Crippen LogP contribution < -0.4 is 5.69 Å². The quantitative estimate of drug-likeness (QED) is 0.881. The van der Waals surface area contributed by atoms with Gasteiger partial charge in [0.15, 0.2) is 10.9 Å². The molecule has 0 aliphatic carbocycles. The van der Waals surface area contributed by atoms with Gasteiger partial charge in [-0.15, -0.1) is 5.10 Å². The summed E-state index contributed by atoms with van der Waals surface area (Å²) in [7, 11) is 0. The fraction of sp³-hybridized carbons (Fsp3) is 0.308. The second-order valence-corrected chi connectivity index (χ2v) is 6.02. The van der Waals surface area contributed by atoms with Crippen LogP contribution in [-0.4, -0.2) is 20.5 Å². The monoisotopic (exact) mass is 311 g/mol. The van der Waals surface area contributed by atoms with E-state index >= 15 is 0 Å². The summed E-state index contributed by atoms with van der Waals surface area (Å²) in [6.07, 6.45) is 0. The van der Waals surface area contributed by atoms with E-state index < -0.39 is 0 Å². The highest BCUT2D eigenvalue weighted by atomic mass is 35.5. The number of benzene rings is 1. The molecule has 0 radical (unpaired) electrons. The smallest absolute Gasteiger partial charge is 0.294 e. The van der Waals surface area contributed by atoms with Crippen molar-refractivity contribution in [3.8, 4) is 0 Å². The first-order valence-corrected chi connectivity index (χ1v) is 7.25. The Labute approximate surface area is 125 Å². The lowest BCUT2D eigenvalue weighted by Gasteiger charge is -2.09. The topological polar surface area (TPSA) is 67.8 Å². The Kier molecular flexibility index (Phi) is 4.35. The molecule has 1 N–H and O–H groups in total. The van der Waals surface area contributed by atoms with E-state index in [1.807, 2.05) is 13.8 Å². The van der Waals surface area contributed by atoms with E-state index in [0.717, 1.165) is 4.90 Å². The number of aromatic nitrogens is 3. The molecule has 0 fully saturated rings. The van der Waals surface area contributed by atoms with Crippen LogP contribution in [0.4, 0.5) is 0 Å². The van der Waals surface area contributed by atoms with Crippen LogP contribution in [0.5, 0.6) is 0 Å². The predicted molar refractivity (Wildman–Crippen MR) is 78.8 cm³/mol. The molecule has 5 nitrogen and oxygen atoms in total. The molecule has 0 amide bonds. The third-order valence-corrected chi connectivity index (χ3v) is 3.99. The molecule has 0 bridgehead atoms. The van der Waals surface area contributed by atoms with Crippen molar-refractivity contribution in [3.05, 3.63) is 39.3 Å². The lowest BCUT2D eigenvalue weighted by Crippen LogP contribution is -2.19. The van der Waals surface area contributed by atoms with Crippen molar-refractivity contribution < 1.29 is 4.79 Å². The van der Waals surface area contributed by atoms with Gasteiger partial charge in [0.05, 0.1) is 5.02 Å². The fourth-order valence-corrected chi connectivity index (χ4v) is 3.15. The van der Waals surface area contributed by atoms with Crippen LogP contribution in [-0.2, 0) is 0 Å². The van der Waals surface area contributed by atoms with Crippen LogP contribution in [0.25, 0.3) is 0 Å². The normalized spacial score (nSPS) is 11.1. The van der Waals surface area contributed by atoms with Crippen molar-refractivity contribution in [1.29, 1.82) is 0 Å². The van der Waals surface area contributed by atoms with Gasteiger partial charge >= 0.3 is 5.69 Å². The number of H-pyrrole nitrogens is 1. The molecule has 1 heterocycles. The zero-order valence-corrected chi connectivity index (χ0v) is 12.9. The molecule has 0 aliphatic heterocycles. The van der Waals surface area contributed by atoms with Gasteiger partial charge in [-0.25, -0.2) is 9.89 Å². The lowest BCUT2D eigenvalue weighted by molar-refractivity contribution is 0.101. The Hall–Kier alpha value is -1.53. The maximum atomic E-state index is 11.6. The highest BCUT2D eigenvalue weighted by Gasteiger charge is 2.14. The summed E-state index contributed by atoms with van der Waals surface area (Å²) in [5.41, 5.74) is 0.244. The second-order valence-electron chi connectivity index (χ2n) is 4.57. The van der Waals surface area contributed by atoms with E-state index in [2.05, 4.69) is 10.2 Å². The number of aromatic amines is 1. The number of nitrogens with one attached hydrogen (secondary N) is 1. The van der Waals surface area contributed by atoms with E-state index in [0.29, 0.717) is 15.7 Å². The number of Topliss-reactive ketones (excluding diaryl/α,β-unsaturated/α-hetero) is 1. The molecule has 0 atom stereocenters. The van der Waals surface area contributed by atoms with Crippen LogP contribution in [0.15, 0.2) is 33.0 Å². The average molecular weight is 312 g/mol. The minimum Gasteiger partial charge on any atom is -0.294 e. The molecule has 106 valence electrons. The fourth-order valence-electron chi connectivity index (χ4n) is 1.77. The summed E-state index contributed by atoms with van der Waals surface area (Å²) in [5, 5.41) is 7.40. The van der Waals surface area contributed by atoms with Gasteiger partial charge in [-0.3, -0.25) is 9.36 Å². The van der Waals surface area contributed by atoms with Crippen molar-refractivity contribution in [2.75, 3.05) is 0 Å². The van der Waals surface area contributed by atoms with E-state index in [4.69, 9.17) is 11.6 Å². The largest absolute Gasteiger partial charge is 0.344 e. The molecule has 2 aromatic rings. The first-order valence-electron chi connectivity index (χ1n) is 6.05. The summed E-state index contributed by atoms with van der Waals surface area (Å²) >= 11 is 7.39. The van der Waals surface area contributed by atoms with Crippen molar-refractivity contribution in [2.24, 2.45) is 0 Å². The summed E-state index contributed by atoms with van der Waals surface area (Å²) in [6.45, 7) is 5.29. The molecule has 0 aliphatic rings. The molecule has 1 aromatic heterocycles. The van der Waals surface area contributed by atoms with Crippen molar-refractivity contribution in [3.63, 3.8) is 0 Å². The zero-order chi connectivity index (χ0) is 14.9. The SMILES string of the molecule is CC(=O)c1ccc(Sc2n[nH]c(=O)n2C(C)C)cc1Cl. The number of rotatable bonds is 4. The van der Waals surface area contributed by atoms with E-state index in [1.165, 1.54) is 18.7 Å². The molecule has 20 heavy (non-hydrogen) atoms. The Balaban J connectivity index is 2.34. The van der Waals surface area contributed by atoms with Crippen molar-refractivity contribution in [1.82, 2.24) is 14.8 Å². The average Bonchev–Trinajstić information content (AvgIpc) is 2.70. The Morgan fingerprint density at radius 1 is 1.45 bits per heavy atom. The van der Waals surface area contributed by atoms with Crippen LogP contribution in [0.1, 0.15) is 37.2 Å². The number of halogens is 1. The number of ketones is 1. The van der Waals surface area contributed by atoms with Gasteiger partial charge in [0.1, 0.15) is 0 Å².